The molecule has 0 heterocycles. The van der Waals surface area contributed by atoms with E-state index in [2.05, 4.69) is 43.4 Å². The lowest BCUT2D eigenvalue weighted by Gasteiger charge is -2.13. The maximum atomic E-state index is 6.17. The fraction of sp³-hybridized carbons (Fsp3) is 0.455. The Bertz CT molecular complexity index is 624. The van der Waals surface area contributed by atoms with E-state index in [1.807, 2.05) is 18.2 Å². The molecule has 0 aliphatic heterocycles. The van der Waals surface area contributed by atoms with E-state index in [9.17, 15) is 0 Å². The molecule has 3 heteroatoms. The van der Waals surface area contributed by atoms with Gasteiger partial charge in [-0.3, -0.25) is 0 Å². The Labute approximate surface area is 157 Å². The van der Waals surface area contributed by atoms with Gasteiger partial charge in [0.15, 0.2) is 0 Å². The number of hydrogen-bond acceptors (Lipinski definition) is 2. The van der Waals surface area contributed by atoms with Crippen LogP contribution in [0.1, 0.15) is 55.7 Å². The minimum absolute atomic E-state index is 0.575. The van der Waals surface area contributed by atoms with Crippen molar-refractivity contribution in [3.8, 4) is 5.75 Å². The van der Waals surface area contributed by atoms with E-state index < -0.39 is 0 Å². The third-order valence-electron chi connectivity index (χ3n) is 4.31. The molecule has 0 saturated heterocycles. The second-order valence-electron chi connectivity index (χ2n) is 6.62. The zero-order valence-corrected chi connectivity index (χ0v) is 16.2. The van der Waals surface area contributed by atoms with Gasteiger partial charge in [0, 0.05) is 17.1 Å². The number of benzene rings is 2. The van der Waals surface area contributed by atoms with Crippen LogP contribution in [0, 0.1) is 6.92 Å². The van der Waals surface area contributed by atoms with Gasteiger partial charge in [-0.2, -0.15) is 0 Å². The van der Waals surface area contributed by atoms with Crippen molar-refractivity contribution < 1.29 is 4.74 Å². The fourth-order valence-electron chi connectivity index (χ4n) is 2.75. The predicted molar refractivity (Wildman–Crippen MR) is 107 cm³/mol. The van der Waals surface area contributed by atoms with Crippen molar-refractivity contribution >= 4 is 11.6 Å². The first kappa shape index (κ1) is 19.8. The number of nitrogens with one attached hydrogen (secondary N) is 1. The van der Waals surface area contributed by atoms with Gasteiger partial charge in [-0.1, -0.05) is 74.0 Å². The van der Waals surface area contributed by atoms with Gasteiger partial charge in [0.2, 0.25) is 0 Å². The summed E-state index contributed by atoms with van der Waals surface area (Å²) in [4.78, 5) is 0. The molecule has 0 unspecified atom stereocenters. The smallest absolute Gasteiger partial charge is 0.124 e. The Morgan fingerprint density at radius 2 is 1.72 bits per heavy atom. The molecule has 136 valence electrons. The largest absolute Gasteiger partial charge is 0.489 e. The highest BCUT2D eigenvalue weighted by molar-refractivity contribution is 6.30. The van der Waals surface area contributed by atoms with Crippen LogP contribution in [0.4, 0.5) is 0 Å². The van der Waals surface area contributed by atoms with Crippen molar-refractivity contribution in [3.05, 3.63) is 64.2 Å². The van der Waals surface area contributed by atoms with Crippen molar-refractivity contribution in [1.82, 2.24) is 5.32 Å². The molecule has 0 radical (unpaired) electrons. The Morgan fingerprint density at radius 1 is 0.960 bits per heavy atom. The first-order valence-corrected chi connectivity index (χ1v) is 9.74. The molecule has 0 aliphatic rings. The number of rotatable bonds is 11. The Hall–Kier alpha value is -1.51. The van der Waals surface area contributed by atoms with E-state index in [-0.39, 0.29) is 0 Å². The minimum atomic E-state index is 0.575. The quantitative estimate of drug-likeness (QED) is 0.476. The second kappa shape index (κ2) is 11.2. The summed E-state index contributed by atoms with van der Waals surface area (Å²) < 4.78 is 6.03. The summed E-state index contributed by atoms with van der Waals surface area (Å²) in [6.45, 7) is 6.74. The van der Waals surface area contributed by atoms with Crippen molar-refractivity contribution in [2.45, 2.75) is 59.1 Å². The van der Waals surface area contributed by atoms with Crippen LogP contribution >= 0.6 is 11.6 Å². The molecule has 0 saturated carbocycles. The van der Waals surface area contributed by atoms with Crippen molar-refractivity contribution in [2.24, 2.45) is 0 Å². The molecule has 1 N–H and O–H groups in total. The molecule has 0 aliphatic carbocycles. The molecule has 0 spiro atoms. The molecule has 0 amide bonds. The van der Waals surface area contributed by atoms with E-state index in [1.165, 1.54) is 43.2 Å². The van der Waals surface area contributed by atoms with Gasteiger partial charge < -0.3 is 10.1 Å². The SMILES string of the molecule is CCCCCCCNCc1cc(Cl)ccc1OCc1ccc(C)cc1. The van der Waals surface area contributed by atoms with Gasteiger partial charge in [0.05, 0.1) is 0 Å². The topological polar surface area (TPSA) is 21.3 Å². The summed E-state index contributed by atoms with van der Waals surface area (Å²) in [5.74, 6) is 0.906. The van der Waals surface area contributed by atoms with Crippen LogP contribution in [0.2, 0.25) is 5.02 Å². The zero-order valence-electron chi connectivity index (χ0n) is 15.5. The maximum absolute atomic E-state index is 6.17. The first-order valence-electron chi connectivity index (χ1n) is 9.36. The zero-order chi connectivity index (χ0) is 17.9. The molecule has 2 rings (SSSR count). The third-order valence-corrected chi connectivity index (χ3v) is 4.55. The van der Waals surface area contributed by atoms with E-state index in [1.54, 1.807) is 0 Å². The average Bonchev–Trinajstić information content (AvgIpc) is 2.61. The van der Waals surface area contributed by atoms with Crippen LogP contribution in [0.3, 0.4) is 0 Å². The standard InChI is InChI=1S/C22H30ClNO/c1-3-4-5-6-7-14-24-16-20-15-21(23)12-13-22(20)25-17-19-10-8-18(2)9-11-19/h8-13,15,24H,3-7,14,16-17H2,1-2H3. The average molecular weight is 360 g/mol. The summed E-state index contributed by atoms with van der Waals surface area (Å²) in [7, 11) is 0. The highest BCUT2D eigenvalue weighted by atomic mass is 35.5. The molecule has 0 atom stereocenters. The van der Waals surface area contributed by atoms with Crippen LogP contribution in [0.25, 0.3) is 0 Å². The van der Waals surface area contributed by atoms with Crippen LogP contribution < -0.4 is 10.1 Å². The summed E-state index contributed by atoms with van der Waals surface area (Å²) in [5.41, 5.74) is 3.56. The first-order chi connectivity index (χ1) is 12.2. The van der Waals surface area contributed by atoms with Gasteiger partial charge >= 0.3 is 0 Å². The number of aryl methyl sites for hydroxylation is 1. The highest BCUT2D eigenvalue weighted by Crippen LogP contribution is 2.24. The summed E-state index contributed by atoms with van der Waals surface area (Å²) in [5, 5.41) is 4.27. The Balaban J connectivity index is 1.83. The van der Waals surface area contributed by atoms with Gasteiger partial charge in [-0.15, -0.1) is 0 Å². The Morgan fingerprint density at radius 3 is 2.48 bits per heavy atom. The summed E-state index contributed by atoms with van der Waals surface area (Å²) >= 11 is 6.17. The lowest BCUT2D eigenvalue weighted by Crippen LogP contribution is -2.15. The molecule has 2 nitrogen and oxygen atoms in total. The fourth-order valence-corrected chi connectivity index (χ4v) is 2.94. The molecule has 2 aromatic carbocycles. The normalized spacial score (nSPS) is 10.8. The number of hydrogen-bond donors (Lipinski definition) is 1. The van der Waals surface area contributed by atoms with Crippen molar-refractivity contribution in [1.29, 1.82) is 0 Å². The molecule has 2 aromatic rings. The van der Waals surface area contributed by atoms with Gasteiger partial charge in [0.1, 0.15) is 12.4 Å². The van der Waals surface area contributed by atoms with E-state index in [4.69, 9.17) is 16.3 Å². The monoisotopic (exact) mass is 359 g/mol. The molecule has 0 fully saturated rings. The van der Waals surface area contributed by atoms with Crippen molar-refractivity contribution in [3.63, 3.8) is 0 Å². The van der Waals surface area contributed by atoms with E-state index in [0.717, 1.165) is 29.4 Å². The maximum Gasteiger partial charge on any atom is 0.124 e. The van der Waals surface area contributed by atoms with Crippen LogP contribution in [0.5, 0.6) is 5.75 Å². The van der Waals surface area contributed by atoms with Crippen LogP contribution in [0.15, 0.2) is 42.5 Å². The second-order valence-corrected chi connectivity index (χ2v) is 7.05. The Kier molecular flexibility index (Phi) is 8.85. The lowest BCUT2D eigenvalue weighted by atomic mass is 10.1. The van der Waals surface area contributed by atoms with E-state index >= 15 is 0 Å². The van der Waals surface area contributed by atoms with Gasteiger partial charge in [0.25, 0.3) is 0 Å². The highest BCUT2D eigenvalue weighted by Gasteiger charge is 2.05. The lowest BCUT2D eigenvalue weighted by molar-refractivity contribution is 0.302. The number of ether oxygens (including phenoxy) is 1. The van der Waals surface area contributed by atoms with Gasteiger partial charge in [-0.25, -0.2) is 0 Å². The predicted octanol–water partition coefficient (Wildman–Crippen LogP) is 6.29. The van der Waals surface area contributed by atoms with Crippen LogP contribution in [-0.2, 0) is 13.2 Å². The third kappa shape index (κ3) is 7.50. The van der Waals surface area contributed by atoms with Crippen LogP contribution in [-0.4, -0.2) is 6.54 Å². The van der Waals surface area contributed by atoms with Crippen molar-refractivity contribution in [2.75, 3.05) is 6.54 Å². The summed E-state index contributed by atoms with van der Waals surface area (Å²) in [6, 6.07) is 14.3. The van der Waals surface area contributed by atoms with E-state index in [0.29, 0.717) is 6.61 Å². The number of halogens is 1. The molecule has 25 heavy (non-hydrogen) atoms. The molecule has 0 bridgehead atoms. The molecular formula is C22H30ClNO. The molecule has 0 aromatic heterocycles. The molecular weight excluding hydrogens is 330 g/mol. The summed E-state index contributed by atoms with van der Waals surface area (Å²) in [6.07, 6.45) is 6.48. The number of unbranched alkanes of at least 4 members (excludes halogenated alkanes) is 4. The minimum Gasteiger partial charge on any atom is -0.489 e. The van der Waals surface area contributed by atoms with Gasteiger partial charge in [-0.05, 0) is 43.7 Å².